The third kappa shape index (κ3) is 3.78. The summed E-state index contributed by atoms with van der Waals surface area (Å²) < 4.78 is 18.4. The Hall–Kier alpha value is -1.44. The van der Waals surface area contributed by atoms with Gasteiger partial charge in [-0.1, -0.05) is 0 Å². The SMILES string of the molecule is CCOC(=O)C(F)[C@@H](N)c1c(CO)cnc(C)c1O.Cl. The molecule has 0 spiro atoms. The smallest absolute Gasteiger partial charge is 0.342 e. The summed E-state index contributed by atoms with van der Waals surface area (Å²) >= 11 is 0. The Morgan fingerprint density at radius 1 is 1.60 bits per heavy atom. The Morgan fingerprint density at radius 2 is 2.20 bits per heavy atom. The van der Waals surface area contributed by atoms with Crippen molar-refractivity contribution in [2.24, 2.45) is 5.73 Å². The third-order valence-electron chi connectivity index (χ3n) is 2.69. The number of alkyl halides is 1. The van der Waals surface area contributed by atoms with Crippen LogP contribution in [-0.4, -0.2) is 33.9 Å². The number of hydrogen-bond acceptors (Lipinski definition) is 6. The summed E-state index contributed by atoms with van der Waals surface area (Å²) in [7, 11) is 0. The van der Waals surface area contributed by atoms with Crippen molar-refractivity contribution in [1.29, 1.82) is 0 Å². The van der Waals surface area contributed by atoms with E-state index in [0.717, 1.165) is 0 Å². The van der Waals surface area contributed by atoms with Gasteiger partial charge in [-0.25, -0.2) is 9.18 Å². The number of nitrogens with zero attached hydrogens (tertiary/aromatic N) is 1. The highest BCUT2D eigenvalue weighted by molar-refractivity contribution is 5.85. The van der Waals surface area contributed by atoms with E-state index in [4.69, 9.17) is 10.8 Å². The molecule has 20 heavy (non-hydrogen) atoms. The molecule has 0 saturated carbocycles. The van der Waals surface area contributed by atoms with Gasteiger partial charge in [0, 0.05) is 17.3 Å². The van der Waals surface area contributed by atoms with Gasteiger partial charge in [0.15, 0.2) is 0 Å². The summed E-state index contributed by atoms with van der Waals surface area (Å²) in [4.78, 5) is 15.1. The number of aromatic nitrogens is 1. The second-order valence-electron chi connectivity index (χ2n) is 3.97. The number of aromatic hydroxyl groups is 1. The Kier molecular flexibility index (Phi) is 7.41. The van der Waals surface area contributed by atoms with Crippen LogP contribution in [0.1, 0.15) is 29.8 Å². The molecule has 1 heterocycles. The van der Waals surface area contributed by atoms with Crippen LogP contribution in [0.3, 0.4) is 0 Å². The highest BCUT2D eigenvalue weighted by Gasteiger charge is 2.31. The molecule has 0 radical (unpaired) electrons. The van der Waals surface area contributed by atoms with Gasteiger partial charge in [-0.05, 0) is 13.8 Å². The number of halogens is 2. The summed E-state index contributed by atoms with van der Waals surface area (Å²) in [5.41, 5.74) is 6.01. The largest absolute Gasteiger partial charge is 0.506 e. The molecule has 1 rings (SSSR count). The van der Waals surface area contributed by atoms with Crippen molar-refractivity contribution in [3.63, 3.8) is 0 Å². The van der Waals surface area contributed by atoms with Crippen LogP contribution in [0, 0.1) is 6.92 Å². The van der Waals surface area contributed by atoms with E-state index in [2.05, 4.69) is 9.72 Å². The van der Waals surface area contributed by atoms with E-state index in [1.807, 2.05) is 0 Å². The van der Waals surface area contributed by atoms with Gasteiger partial charge < -0.3 is 20.7 Å². The van der Waals surface area contributed by atoms with Gasteiger partial charge in [0.1, 0.15) is 5.75 Å². The zero-order valence-corrected chi connectivity index (χ0v) is 12.0. The van der Waals surface area contributed by atoms with E-state index < -0.39 is 24.8 Å². The van der Waals surface area contributed by atoms with E-state index in [-0.39, 0.29) is 41.6 Å². The van der Waals surface area contributed by atoms with E-state index >= 15 is 0 Å². The van der Waals surface area contributed by atoms with Crippen LogP contribution in [0.25, 0.3) is 0 Å². The molecule has 1 aromatic heterocycles. The van der Waals surface area contributed by atoms with Crippen LogP contribution in [0.4, 0.5) is 4.39 Å². The average molecular weight is 309 g/mol. The first-order valence-electron chi connectivity index (χ1n) is 5.78. The first-order chi connectivity index (χ1) is 8.93. The van der Waals surface area contributed by atoms with Crippen molar-refractivity contribution < 1.29 is 24.1 Å². The van der Waals surface area contributed by atoms with Crippen molar-refractivity contribution in [1.82, 2.24) is 4.98 Å². The number of aryl methyl sites for hydroxylation is 1. The second kappa shape index (κ2) is 7.98. The zero-order chi connectivity index (χ0) is 14.6. The number of ether oxygens (including phenoxy) is 1. The number of pyridine rings is 1. The van der Waals surface area contributed by atoms with E-state index in [9.17, 15) is 14.3 Å². The van der Waals surface area contributed by atoms with Crippen LogP contribution in [0.2, 0.25) is 0 Å². The highest BCUT2D eigenvalue weighted by Crippen LogP contribution is 2.31. The number of carbonyl (C=O) groups is 1. The molecule has 1 unspecified atom stereocenters. The van der Waals surface area contributed by atoms with Gasteiger partial charge in [0.05, 0.1) is 24.9 Å². The van der Waals surface area contributed by atoms with Crippen LogP contribution < -0.4 is 5.73 Å². The predicted octanol–water partition coefficient (Wildman–Crippen LogP) is 0.911. The standard InChI is InChI=1S/C12H17FN2O4.ClH/c1-3-19-12(18)9(13)10(14)8-7(5-16)4-15-6(2)11(8)17;/h4,9-10,16-17H,3,5,14H2,1-2H3;1H/t9?,10-;/m0./s1. The molecule has 0 fully saturated rings. The molecule has 0 amide bonds. The molecule has 0 aliphatic heterocycles. The maximum Gasteiger partial charge on any atom is 0.342 e. The average Bonchev–Trinajstić information content (AvgIpc) is 2.40. The molecule has 4 N–H and O–H groups in total. The summed E-state index contributed by atoms with van der Waals surface area (Å²) in [5, 5.41) is 19.0. The molecule has 8 heteroatoms. The number of esters is 1. The summed E-state index contributed by atoms with van der Waals surface area (Å²) in [6.45, 7) is 2.60. The molecule has 0 saturated heterocycles. The fourth-order valence-corrected chi connectivity index (χ4v) is 1.67. The Balaban J connectivity index is 0.00000361. The van der Waals surface area contributed by atoms with Gasteiger partial charge >= 0.3 is 5.97 Å². The molecule has 114 valence electrons. The lowest BCUT2D eigenvalue weighted by molar-refractivity contribution is -0.149. The Labute approximate surface area is 122 Å². The predicted molar refractivity (Wildman–Crippen MR) is 72.3 cm³/mol. The van der Waals surface area contributed by atoms with Crippen LogP contribution >= 0.6 is 12.4 Å². The second-order valence-corrected chi connectivity index (χ2v) is 3.97. The Morgan fingerprint density at radius 3 is 2.70 bits per heavy atom. The number of hydrogen-bond donors (Lipinski definition) is 3. The minimum absolute atomic E-state index is 0. The molecule has 0 aliphatic rings. The van der Waals surface area contributed by atoms with Crippen LogP contribution in [0.15, 0.2) is 6.20 Å². The minimum Gasteiger partial charge on any atom is -0.506 e. The fraction of sp³-hybridized carbons (Fsp3) is 0.500. The summed E-state index contributed by atoms with van der Waals surface area (Å²) in [5.74, 6) is -1.43. The first kappa shape index (κ1) is 18.6. The number of aliphatic hydroxyl groups excluding tert-OH is 1. The molecule has 0 bridgehead atoms. The number of nitrogens with two attached hydrogens (primary N) is 1. The van der Waals surface area contributed by atoms with Gasteiger partial charge in [-0.3, -0.25) is 4.98 Å². The number of rotatable bonds is 5. The number of aliphatic hydroxyl groups is 1. The van der Waals surface area contributed by atoms with Crippen molar-refractivity contribution >= 4 is 18.4 Å². The molecular formula is C12H18ClFN2O4. The van der Waals surface area contributed by atoms with Crippen molar-refractivity contribution in [2.45, 2.75) is 32.7 Å². The number of carbonyl (C=O) groups excluding carboxylic acids is 1. The maximum absolute atomic E-state index is 13.9. The van der Waals surface area contributed by atoms with Crippen LogP contribution in [-0.2, 0) is 16.1 Å². The van der Waals surface area contributed by atoms with Crippen LogP contribution in [0.5, 0.6) is 5.75 Å². The van der Waals surface area contributed by atoms with E-state index in [1.165, 1.54) is 13.1 Å². The Bertz CT molecular complexity index is 473. The molecule has 0 aromatic carbocycles. The van der Waals surface area contributed by atoms with Crippen molar-refractivity contribution in [3.05, 3.63) is 23.0 Å². The highest BCUT2D eigenvalue weighted by atomic mass is 35.5. The summed E-state index contributed by atoms with van der Waals surface area (Å²) in [6, 6.07) is -1.43. The molecule has 0 aliphatic carbocycles. The monoisotopic (exact) mass is 308 g/mol. The van der Waals surface area contributed by atoms with Gasteiger partial charge in [0.2, 0.25) is 6.17 Å². The van der Waals surface area contributed by atoms with E-state index in [0.29, 0.717) is 0 Å². The van der Waals surface area contributed by atoms with Crippen molar-refractivity contribution in [3.8, 4) is 5.75 Å². The lowest BCUT2D eigenvalue weighted by Gasteiger charge is -2.20. The van der Waals surface area contributed by atoms with E-state index in [1.54, 1.807) is 6.92 Å². The molecule has 6 nitrogen and oxygen atoms in total. The quantitative estimate of drug-likeness (QED) is 0.698. The maximum atomic E-state index is 13.9. The first-order valence-corrected chi connectivity index (χ1v) is 5.78. The summed E-state index contributed by atoms with van der Waals surface area (Å²) in [6.07, 6.45) is -0.847. The minimum atomic E-state index is -2.13. The topological polar surface area (TPSA) is 106 Å². The van der Waals surface area contributed by atoms with Gasteiger partial charge in [-0.2, -0.15) is 0 Å². The lowest BCUT2D eigenvalue weighted by atomic mass is 9.97. The zero-order valence-electron chi connectivity index (χ0n) is 11.2. The molecule has 1 aromatic rings. The third-order valence-corrected chi connectivity index (χ3v) is 2.69. The van der Waals surface area contributed by atoms with Gasteiger partial charge in [0.25, 0.3) is 0 Å². The normalized spacial score (nSPS) is 13.2. The lowest BCUT2D eigenvalue weighted by Crippen LogP contribution is -2.32. The molecular weight excluding hydrogens is 291 g/mol. The van der Waals surface area contributed by atoms with Crippen molar-refractivity contribution in [2.75, 3.05) is 6.61 Å². The van der Waals surface area contributed by atoms with Gasteiger partial charge in [-0.15, -0.1) is 12.4 Å². The molecule has 2 atom stereocenters. The fourth-order valence-electron chi connectivity index (χ4n) is 1.67.